The van der Waals surface area contributed by atoms with Gasteiger partial charge in [-0.1, -0.05) is 0 Å². The quantitative estimate of drug-likeness (QED) is 0.712. The zero-order valence-electron chi connectivity index (χ0n) is 15.3. The number of ether oxygens (including phenoxy) is 1. The number of nitrogens with zero attached hydrogens (tertiary/aromatic N) is 6. The second-order valence-corrected chi connectivity index (χ2v) is 6.96. The molecule has 2 aliphatic rings. The lowest BCUT2D eigenvalue weighted by Crippen LogP contribution is -2.52. The van der Waals surface area contributed by atoms with Crippen LogP contribution >= 0.6 is 0 Å². The molecule has 0 bridgehead atoms. The van der Waals surface area contributed by atoms with E-state index >= 15 is 0 Å². The Labute approximate surface area is 157 Å². The number of hydrogen-bond acceptors (Lipinski definition) is 6. The van der Waals surface area contributed by atoms with E-state index in [2.05, 4.69) is 32.1 Å². The molecule has 3 aromatic heterocycles. The fraction of sp³-hybridized carbons (Fsp3) is 0.300. The van der Waals surface area contributed by atoms with Crippen molar-refractivity contribution in [2.45, 2.75) is 12.6 Å². The van der Waals surface area contributed by atoms with Gasteiger partial charge >= 0.3 is 0 Å². The monoisotopic (exact) mass is 360 g/mol. The molecule has 0 aliphatic carbocycles. The van der Waals surface area contributed by atoms with Gasteiger partial charge in [0.2, 0.25) is 0 Å². The van der Waals surface area contributed by atoms with E-state index in [4.69, 9.17) is 9.73 Å². The Morgan fingerprint density at radius 3 is 2.78 bits per heavy atom. The molecule has 27 heavy (non-hydrogen) atoms. The Balaban J connectivity index is 1.47. The van der Waals surface area contributed by atoms with E-state index in [0.717, 1.165) is 52.6 Å². The second-order valence-electron chi connectivity index (χ2n) is 6.96. The first-order valence-corrected chi connectivity index (χ1v) is 8.98. The van der Waals surface area contributed by atoms with Crippen LogP contribution in [0, 0.1) is 0 Å². The average Bonchev–Trinajstić information content (AvgIpc) is 3.27. The lowest BCUT2D eigenvalue weighted by atomic mass is 10.00. The Morgan fingerprint density at radius 1 is 1.11 bits per heavy atom. The third-order valence-corrected chi connectivity index (χ3v) is 5.17. The molecular formula is C20H20N6O. The Kier molecular flexibility index (Phi) is 3.75. The van der Waals surface area contributed by atoms with Crippen LogP contribution in [0.15, 0.2) is 48.0 Å². The van der Waals surface area contributed by atoms with Crippen molar-refractivity contribution < 1.29 is 4.74 Å². The zero-order valence-corrected chi connectivity index (χ0v) is 15.3. The van der Waals surface area contributed by atoms with Crippen LogP contribution in [-0.2, 0) is 18.3 Å². The van der Waals surface area contributed by atoms with Crippen molar-refractivity contribution in [1.82, 2.24) is 19.7 Å². The van der Waals surface area contributed by atoms with Crippen molar-refractivity contribution in [1.29, 1.82) is 0 Å². The third-order valence-electron chi connectivity index (χ3n) is 5.17. The summed E-state index contributed by atoms with van der Waals surface area (Å²) in [5.74, 6) is 0.971. The molecule has 0 atom stereocenters. The summed E-state index contributed by atoms with van der Waals surface area (Å²) >= 11 is 0. The number of aryl methyl sites for hydroxylation is 1. The van der Waals surface area contributed by atoms with Crippen LogP contribution in [0.2, 0.25) is 0 Å². The first kappa shape index (κ1) is 16.1. The molecule has 5 rings (SSSR count). The fourth-order valence-electron chi connectivity index (χ4n) is 3.55. The standard InChI is InChI=1S/C20H20N6O/c1-25-10-15(9-24-25)18-6-17-14(7-22-18)8-23-20(17)13-3-4-21-19(5-13)26-11-16(12-26)27-2/h3-7,9-10,16H,8,11-12H2,1-2H3. The summed E-state index contributed by atoms with van der Waals surface area (Å²) < 4.78 is 7.15. The molecule has 1 saturated heterocycles. The molecule has 0 saturated carbocycles. The second kappa shape index (κ2) is 6.28. The van der Waals surface area contributed by atoms with Gasteiger partial charge in [-0.15, -0.1) is 0 Å². The summed E-state index contributed by atoms with van der Waals surface area (Å²) in [5, 5.41) is 4.25. The van der Waals surface area contributed by atoms with Crippen molar-refractivity contribution in [2.24, 2.45) is 12.0 Å². The van der Waals surface area contributed by atoms with E-state index in [0.29, 0.717) is 12.6 Å². The normalized spacial score (nSPS) is 16.2. The smallest absolute Gasteiger partial charge is 0.129 e. The number of pyridine rings is 2. The zero-order chi connectivity index (χ0) is 18.4. The maximum atomic E-state index is 5.36. The summed E-state index contributed by atoms with van der Waals surface area (Å²) in [6.07, 6.45) is 7.89. The molecule has 0 aromatic carbocycles. The number of anilines is 1. The maximum Gasteiger partial charge on any atom is 0.129 e. The SMILES string of the molecule is COC1CN(c2cc(C3=NCc4cnc(-c5cnn(C)c5)cc43)ccn2)C1. The van der Waals surface area contributed by atoms with E-state index in [-0.39, 0.29) is 0 Å². The van der Waals surface area contributed by atoms with Crippen LogP contribution < -0.4 is 4.90 Å². The minimum Gasteiger partial charge on any atom is -0.378 e. The Hall–Kier alpha value is -3.06. The lowest BCUT2D eigenvalue weighted by Gasteiger charge is -2.39. The molecular weight excluding hydrogens is 340 g/mol. The van der Waals surface area contributed by atoms with Crippen molar-refractivity contribution in [2.75, 3.05) is 25.1 Å². The number of aliphatic imine (C=N–C) groups is 1. The van der Waals surface area contributed by atoms with Crippen LogP contribution in [-0.4, -0.2) is 51.8 Å². The molecule has 7 heteroatoms. The van der Waals surface area contributed by atoms with Gasteiger partial charge in [0, 0.05) is 68.1 Å². The first-order chi connectivity index (χ1) is 13.2. The van der Waals surface area contributed by atoms with Crippen LogP contribution in [0.25, 0.3) is 11.3 Å². The fourth-order valence-corrected chi connectivity index (χ4v) is 3.55. The van der Waals surface area contributed by atoms with Gasteiger partial charge in [0.25, 0.3) is 0 Å². The molecule has 0 spiro atoms. The predicted octanol–water partition coefficient (Wildman–Crippen LogP) is 2.06. The van der Waals surface area contributed by atoms with Crippen LogP contribution in [0.1, 0.15) is 16.7 Å². The predicted molar refractivity (Wildman–Crippen MR) is 103 cm³/mol. The average molecular weight is 360 g/mol. The van der Waals surface area contributed by atoms with Gasteiger partial charge in [0.05, 0.1) is 30.3 Å². The van der Waals surface area contributed by atoms with Gasteiger partial charge < -0.3 is 9.64 Å². The van der Waals surface area contributed by atoms with Crippen LogP contribution in [0.3, 0.4) is 0 Å². The van der Waals surface area contributed by atoms with Gasteiger partial charge in [-0.3, -0.25) is 14.7 Å². The molecule has 2 aliphatic heterocycles. The highest BCUT2D eigenvalue weighted by atomic mass is 16.5. The van der Waals surface area contributed by atoms with Gasteiger partial charge in [-0.25, -0.2) is 4.98 Å². The van der Waals surface area contributed by atoms with Crippen molar-refractivity contribution in [3.05, 3.63) is 59.7 Å². The van der Waals surface area contributed by atoms with Crippen LogP contribution in [0.4, 0.5) is 5.82 Å². The molecule has 0 radical (unpaired) electrons. The maximum absolute atomic E-state index is 5.36. The topological polar surface area (TPSA) is 68.4 Å². The lowest BCUT2D eigenvalue weighted by molar-refractivity contribution is 0.0783. The van der Waals surface area contributed by atoms with Gasteiger partial charge in [-0.2, -0.15) is 5.10 Å². The van der Waals surface area contributed by atoms with Crippen molar-refractivity contribution >= 4 is 11.5 Å². The van der Waals surface area contributed by atoms with Crippen molar-refractivity contribution in [3.63, 3.8) is 0 Å². The van der Waals surface area contributed by atoms with Gasteiger partial charge in [-0.05, 0) is 18.2 Å². The molecule has 136 valence electrons. The molecule has 5 heterocycles. The first-order valence-electron chi connectivity index (χ1n) is 8.98. The molecule has 0 N–H and O–H groups in total. The molecule has 3 aromatic rings. The van der Waals surface area contributed by atoms with Crippen molar-refractivity contribution in [3.8, 4) is 11.3 Å². The molecule has 0 unspecified atom stereocenters. The third kappa shape index (κ3) is 2.80. The number of rotatable bonds is 4. The minimum absolute atomic E-state index is 0.299. The summed E-state index contributed by atoms with van der Waals surface area (Å²) in [5.41, 5.74) is 6.30. The number of methoxy groups -OCH3 is 1. The Bertz CT molecular complexity index is 1030. The van der Waals surface area contributed by atoms with E-state index in [1.807, 2.05) is 37.9 Å². The minimum atomic E-state index is 0.299. The number of fused-ring (bicyclic) bond motifs is 1. The number of hydrogen-bond donors (Lipinski definition) is 0. The van der Waals surface area contributed by atoms with E-state index in [9.17, 15) is 0 Å². The van der Waals surface area contributed by atoms with E-state index in [1.54, 1.807) is 11.8 Å². The largest absolute Gasteiger partial charge is 0.378 e. The summed E-state index contributed by atoms with van der Waals surface area (Å²) in [7, 11) is 3.66. The molecule has 1 fully saturated rings. The van der Waals surface area contributed by atoms with E-state index in [1.165, 1.54) is 0 Å². The number of aromatic nitrogens is 4. The van der Waals surface area contributed by atoms with Gasteiger partial charge in [0.15, 0.2) is 0 Å². The molecule has 7 nitrogen and oxygen atoms in total. The Morgan fingerprint density at radius 2 is 2.00 bits per heavy atom. The molecule has 0 amide bonds. The summed E-state index contributed by atoms with van der Waals surface area (Å²) in [6.45, 7) is 2.42. The van der Waals surface area contributed by atoms with Gasteiger partial charge in [0.1, 0.15) is 5.82 Å². The highest BCUT2D eigenvalue weighted by Crippen LogP contribution is 2.28. The highest BCUT2D eigenvalue weighted by Gasteiger charge is 2.28. The van der Waals surface area contributed by atoms with Crippen LogP contribution in [0.5, 0.6) is 0 Å². The van der Waals surface area contributed by atoms with E-state index < -0.39 is 0 Å². The highest BCUT2D eigenvalue weighted by molar-refractivity contribution is 6.15. The summed E-state index contributed by atoms with van der Waals surface area (Å²) in [4.78, 5) is 16.1. The summed E-state index contributed by atoms with van der Waals surface area (Å²) in [6, 6.07) is 6.25.